The van der Waals surface area contributed by atoms with Crippen molar-refractivity contribution in [1.82, 2.24) is 19.4 Å². The summed E-state index contributed by atoms with van der Waals surface area (Å²) in [6.07, 6.45) is 5.71. The van der Waals surface area contributed by atoms with Gasteiger partial charge in [0.25, 0.3) is 0 Å². The fraction of sp³-hybridized carbons (Fsp3) is 0. The van der Waals surface area contributed by atoms with Crippen LogP contribution in [0, 0.1) is 0 Å². The molecule has 0 bridgehead atoms. The molecule has 0 saturated carbocycles. The Balaban J connectivity index is 1.94. The van der Waals surface area contributed by atoms with Gasteiger partial charge in [-0.2, -0.15) is 0 Å². The van der Waals surface area contributed by atoms with E-state index in [9.17, 15) is 0 Å². The van der Waals surface area contributed by atoms with Gasteiger partial charge in [0.1, 0.15) is 11.5 Å². The van der Waals surface area contributed by atoms with Gasteiger partial charge in [-0.05, 0) is 24.3 Å². The lowest BCUT2D eigenvalue weighted by Crippen LogP contribution is -1.85. The highest BCUT2D eigenvalue weighted by atomic mass is 15.0. The van der Waals surface area contributed by atoms with Gasteiger partial charge in [0.05, 0.1) is 11.0 Å². The second-order valence-corrected chi connectivity index (χ2v) is 4.21. The molecule has 0 fully saturated rings. The third kappa shape index (κ3) is 1.32. The Hall–Kier alpha value is -2.62. The van der Waals surface area contributed by atoms with Crippen molar-refractivity contribution in [2.24, 2.45) is 0 Å². The molecule has 0 spiro atoms. The molecule has 18 heavy (non-hydrogen) atoms. The highest BCUT2D eigenvalue weighted by Crippen LogP contribution is 2.20. The average molecular weight is 234 g/mol. The predicted molar refractivity (Wildman–Crippen MR) is 70.3 cm³/mol. The molecule has 0 aliphatic carbocycles. The van der Waals surface area contributed by atoms with E-state index < -0.39 is 0 Å². The first-order chi connectivity index (χ1) is 8.90. The fourth-order valence-corrected chi connectivity index (χ4v) is 2.15. The molecule has 1 aromatic carbocycles. The Morgan fingerprint density at radius 2 is 2.00 bits per heavy atom. The van der Waals surface area contributed by atoms with Crippen LogP contribution in [0.3, 0.4) is 0 Å². The van der Waals surface area contributed by atoms with Crippen LogP contribution in [0.2, 0.25) is 0 Å². The SMILES string of the molecule is c1ccc2[nH]c(-c3ccn4ccnc4c3)nc2c1. The van der Waals surface area contributed by atoms with Crippen LogP contribution >= 0.6 is 0 Å². The Morgan fingerprint density at radius 3 is 2.94 bits per heavy atom. The van der Waals surface area contributed by atoms with Gasteiger partial charge in [-0.25, -0.2) is 9.97 Å². The van der Waals surface area contributed by atoms with Crippen molar-refractivity contribution >= 4 is 16.7 Å². The molecule has 0 unspecified atom stereocenters. The van der Waals surface area contributed by atoms with E-state index in [1.165, 1.54) is 0 Å². The predicted octanol–water partition coefficient (Wildman–Crippen LogP) is 2.88. The zero-order chi connectivity index (χ0) is 11.9. The smallest absolute Gasteiger partial charge is 0.138 e. The maximum Gasteiger partial charge on any atom is 0.138 e. The minimum absolute atomic E-state index is 0.877. The second-order valence-electron chi connectivity index (χ2n) is 4.21. The highest BCUT2D eigenvalue weighted by molar-refractivity contribution is 5.79. The number of fused-ring (bicyclic) bond motifs is 2. The number of aromatic amines is 1. The second kappa shape index (κ2) is 3.43. The van der Waals surface area contributed by atoms with Crippen LogP contribution in [0.15, 0.2) is 55.0 Å². The number of aromatic nitrogens is 4. The number of imidazole rings is 2. The summed E-state index contributed by atoms with van der Waals surface area (Å²) < 4.78 is 1.98. The van der Waals surface area contributed by atoms with Gasteiger partial charge in [-0.3, -0.25) is 0 Å². The van der Waals surface area contributed by atoms with Crippen molar-refractivity contribution in [3.05, 3.63) is 55.0 Å². The van der Waals surface area contributed by atoms with E-state index in [1.54, 1.807) is 6.20 Å². The summed E-state index contributed by atoms with van der Waals surface area (Å²) in [5.41, 5.74) is 4.00. The minimum Gasteiger partial charge on any atom is -0.338 e. The Labute approximate surface area is 103 Å². The summed E-state index contributed by atoms with van der Waals surface area (Å²) in [5, 5.41) is 0. The van der Waals surface area contributed by atoms with Gasteiger partial charge in [0.2, 0.25) is 0 Å². The molecule has 3 heterocycles. The van der Waals surface area contributed by atoms with Crippen LogP contribution in [0.5, 0.6) is 0 Å². The zero-order valence-electron chi connectivity index (χ0n) is 9.54. The van der Waals surface area contributed by atoms with Gasteiger partial charge < -0.3 is 9.38 Å². The van der Waals surface area contributed by atoms with E-state index in [4.69, 9.17) is 0 Å². The summed E-state index contributed by atoms with van der Waals surface area (Å²) in [6, 6.07) is 12.1. The molecule has 0 aliphatic heterocycles. The van der Waals surface area contributed by atoms with Crippen molar-refractivity contribution in [3.8, 4) is 11.4 Å². The Morgan fingerprint density at radius 1 is 1.06 bits per heavy atom. The van der Waals surface area contributed by atoms with Crippen molar-refractivity contribution in [2.75, 3.05) is 0 Å². The molecule has 4 nitrogen and oxygen atoms in total. The molecule has 0 saturated heterocycles. The van der Waals surface area contributed by atoms with Crippen LogP contribution in [-0.4, -0.2) is 19.4 Å². The Kier molecular flexibility index (Phi) is 1.80. The molecule has 4 heteroatoms. The standard InChI is InChI=1S/C14H10N4/c1-2-4-12-11(3-1)16-14(17-12)10-5-7-18-8-6-15-13(18)9-10/h1-9H,(H,16,17). The van der Waals surface area contributed by atoms with Crippen LogP contribution in [0.1, 0.15) is 0 Å². The number of nitrogens with zero attached hydrogens (tertiary/aromatic N) is 3. The van der Waals surface area contributed by atoms with Crippen molar-refractivity contribution in [3.63, 3.8) is 0 Å². The first-order valence-electron chi connectivity index (χ1n) is 5.78. The molecule has 4 rings (SSSR count). The van der Waals surface area contributed by atoms with E-state index in [0.717, 1.165) is 28.1 Å². The highest BCUT2D eigenvalue weighted by Gasteiger charge is 2.05. The number of nitrogens with one attached hydrogen (secondary N) is 1. The molecule has 3 aromatic heterocycles. The van der Waals surface area contributed by atoms with Gasteiger partial charge in [-0.1, -0.05) is 12.1 Å². The van der Waals surface area contributed by atoms with E-state index in [2.05, 4.69) is 15.0 Å². The van der Waals surface area contributed by atoms with Crippen LogP contribution in [0.4, 0.5) is 0 Å². The van der Waals surface area contributed by atoms with Crippen molar-refractivity contribution < 1.29 is 0 Å². The lowest BCUT2D eigenvalue weighted by molar-refractivity contribution is 1.18. The van der Waals surface area contributed by atoms with Gasteiger partial charge in [-0.15, -0.1) is 0 Å². The third-order valence-corrected chi connectivity index (χ3v) is 3.06. The number of para-hydroxylation sites is 2. The molecule has 0 atom stereocenters. The minimum atomic E-state index is 0.877. The zero-order valence-corrected chi connectivity index (χ0v) is 9.54. The monoisotopic (exact) mass is 234 g/mol. The molecule has 86 valence electrons. The molecule has 0 aliphatic rings. The Bertz CT molecular complexity index is 808. The van der Waals surface area contributed by atoms with Gasteiger partial charge in [0, 0.05) is 24.2 Å². The van der Waals surface area contributed by atoms with Gasteiger partial charge in [0.15, 0.2) is 0 Å². The quantitative estimate of drug-likeness (QED) is 0.550. The number of hydrogen-bond donors (Lipinski definition) is 1. The summed E-state index contributed by atoms with van der Waals surface area (Å²) in [6.45, 7) is 0. The summed E-state index contributed by atoms with van der Waals surface area (Å²) in [4.78, 5) is 12.2. The van der Waals surface area contributed by atoms with Crippen LogP contribution in [-0.2, 0) is 0 Å². The average Bonchev–Trinajstić information content (AvgIpc) is 3.04. The topological polar surface area (TPSA) is 46.0 Å². The number of H-pyrrole nitrogens is 1. The maximum atomic E-state index is 4.58. The molecule has 0 radical (unpaired) electrons. The molecule has 4 aromatic rings. The number of hydrogen-bond acceptors (Lipinski definition) is 2. The lowest BCUT2D eigenvalue weighted by Gasteiger charge is -1.97. The number of pyridine rings is 1. The summed E-state index contributed by atoms with van der Waals surface area (Å²) in [7, 11) is 0. The van der Waals surface area contributed by atoms with E-state index in [0.29, 0.717) is 0 Å². The van der Waals surface area contributed by atoms with Crippen molar-refractivity contribution in [2.45, 2.75) is 0 Å². The number of benzene rings is 1. The van der Waals surface area contributed by atoms with E-state index in [-0.39, 0.29) is 0 Å². The van der Waals surface area contributed by atoms with Gasteiger partial charge >= 0.3 is 0 Å². The largest absolute Gasteiger partial charge is 0.338 e. The first kappa shape index (κ1) is 9.41. The summed E-state index contributed by atoms with van der Waals surface area (Å²) in [5.74, 6) is 0.877. The van der Waals surface area contributed by atoms with Crippen LogP contribution < -0.4 is 0 Å². The van der Waals surface area contributed by atoms with Crippen LogP contribution in [0.25, 0.3) is 28.1 Å². The van der Waals surface area contributed by atoms with E-state index in [1.807, 2.05) is 53.2 Å². The number of rotatable bonds is 1. The molecule has 1 N–H and O–H groups in total. The lowest BCUT2D eigenvalue weighted by atomic mass is 10.2. The molecule has 0 amide bonds. The normalized spacial score (nSPS) is 11.3. The molecular formula is C14H10N4. The third-order valence-electron chi connectivity index (χ3n) is 3.06. The summed E-state index contributed by atoms with van der Waals surface area (Å²) >= 11 is 0. The van der Waals surface area contributed by atoms with Crippen molar-refractivity contribution in [1.29, 1.82) is 0 Å². The van der Waals surface area contributed by atoms with E-state index >= 15 is 0 Å². The maximum absolute atomic E-state index is 4.58. The molecular weight excluding hydrogens is 224 g/mol. The fourth-order valence-electron chi connectivity index (χ4n) is 2.15. The first-order valence-corrected chi connectivity index (χ1v) is 5.78.